The quantitative estimate of drug-likeness (QED) is 0.766. The largest absolute Gasteiger partial charge is 0.301 e. The van der Waals surface area contributed by atoms with Crippen LogP contribution in [-0.4, -0.2) is 49.7 Å². The van der Waals surface area contributed by atoms with E-state index in [2.05, 4.69) is 32.0 Å². The molecule has 4 rings (SSSR count). The second-order valence-electron chi connectivity index (χ2n) is 7.63. The Morgan fingerprint density at radius 2 is 2.10 bits per heavy atom. The molecule has 2 aliphatic heterocycles. The Labute approximate surface area is 174 Å². The number of fused-ring (bicyclic) bond motifs is 2. The highest BCUT2D eigenvalue weighted by Crippen LogP contribution is 2.28. The van der Waals surface area contributed by atoms with Crippen LogP contribution in [0.5, 0.6) is 0 Å². The Kier molecular flexibility index (Phi) is 5.18. The van der Waals surface area contributed by atoms with Crippen molar-refractivity contribution < 1.29 is 13.2 Å². The first-order valence-electron chi connectivity index (χ1n) is 9.42. The number of aliphatic imine (C=N–C) groups is 1. The number of thiazole rings is 1. The van der Waals surface area contributed by atoms with Gasteiger partial charge in [-0.15, -0.1) is 11.3 Å². The minimum Gasteiger partial charge on any atom is -0.301 e. The summed E-state index contributed by atoms with van der Waals surface area (Å²) < 4.78 is 27.1. The van der Waals surface area contributed by atoms with Crippen LogP contribution in [0.4, 0.5) is 5.13 Å². The van der Waals surface area contributed by atoms with Crippen LogP contribution in [0.1, 0.15) is 30.0 Å². The van der Waals surface area contributed by atoms with Crippen LogP contribution in [0.2, 0.25) is 0 Å². The monoisotopic (exact) mass is 433 g/mol. The van der Waals surface area contributed by atoms with E-state index < -0.39 is 16.1 Å². The second kappa shape index (κ2) is 7.51. The van der Waals surface area contributed by atoms with Gasteiger partial charge in [-0.3, -0.25) is 14.5 Å². The number of amidine groups is 1. The molecule has 2 aliphatic rings. The molecule has 0 spiro atoms. The predicted molar refractivity (Wildman–Crippen MR) is 113 cm³/mol. The van der Waals surface area contributed by atoms with Gasteiger partial charge in [-0.1, -0.05) is 26.0 Å². The lowest BCUT2D eigenvalue weighted by atomic mass is 10.0. The van der Waals surface area contributed by atoms with Crippen LogP contribution in [-0.2, 0) is 27.8 Å². The van der Waals surface area contributed by atoms with Gasteiger partial charge in [0.15, 0.2) is 5.13 Å². The van der Waals surface area contributed by atoms with Gasteiger partial charge in [0.05, 0.1) is 10.6 Å². The molecule has 1 aromatic heterocycles. The summed E-state index contributed by atoms with van der Waals surface area (Å²) in [6.07, 6.45) is 0.868. The van der Waals surface area contributed by atoms with E-state index >= 15 is 0 Å². The molecule has 0 aliphatic carbocycles. The van der Waals surface area contributed by atoms with Crippen LogP contribution in [0, 0.1) is 5.92 Å². The molecular weight excluding hydrogens is 410 g/mol. The Balaban J connectivity index is 1.59. The zero-order valence-corrected chi connectivity index (χ0v) is 18.1. The average Bonchev–Trinajstić information content (AvgIpc) is 3.16. The molecule has 3 heterocycles. The van der Waals surface area contributed by atoms with Gasteiger partial charge in [-0.2, -0.15) is 0 Å². The first-order chi connectivity index (χ1) is 13.7. The molecule has 0 bridgehead atoms. The molecule has 8 nitrogen and oxygen atoms in total. The van der Waals surface area contributed by atoms with E-state index in [0.29, 0.717) is 10.7 Å². The lowest BCUT2D eigenvalue weighted by Crippen LogP contribution is -2.34. The van der Waals surface area contributed by atoms with Crippen molar-refractivity contribution in [1.82, 2.24) is 14.6 Å². The van der Waals surface area contributed by atoms with Gasteiger partial charge >= 0.3 is 0 Å². The first-order valence-corrected chi connectivity index (χ1v) is 11.7. The highest BCUT2D eigenvalue weighted by atomic mass is 32.2. The van der Waals surface area contributed by atoms with Crippen molar-refractivity contribution in [1.29, 1.82) is 0 Å². The number of hydrogen-bond donors (Lipinski definition) is 2. The van der Waals surface area contributed by atoms with Gasteiger partial charge in [-0.05, 0) is 25.1 Å². The Morgan fingerprint density at radius 3 is 2.86 bits per heavy atom. The van der Waals surface area contributed by atoms with Crippen molar-refractivity contribution in [2.24, 2.45) is 10.9 Å². The van der Waals surface area contributed by atoms with E-state index in [-0.39, 0.29) is 22.6 Å². The number of amides is 1. The summed E-state index contributed by atoms with van der Waals surface area (Å²) in [7, 11) is -1.58. The lowest BCUT2D eigenvalue weighted by molar-refractivity contribution is -0.118. The minimum absolute atomic E-state index is 0.125. The molecule has 0 fully saturated rings. The van der Waals surface area contributed by atoms with Crippen LogP contribution in [0.15, 0.2) is 34.2 Å². The molecule has 10 heteroatoms. The highest BCUT2D eigenvalue weighted by molar-refractivity contribution is 7.90. The lowest BCUT2D eigenvalue weighted by Gasteiger charge is -2.20. The van der Waals surface area contributed by atoms with Gasteiger partial charge in [0.1, 0.15) is 11.9 Å². The number of nitrogens with zero attached hydrogens (tertiary/aromatic N) is 3. The summed E-state index contributed by atoms with van der Waals surface area (Å²) >= 11 is 1.48. The number of anilines is 1. The van der Waals surface area contributed by atoms with Crippen molar-refractivity contribution in [2.75, 3.05) is 18.9 Å². The Bertz CT molecular complexity index is 1090. The number of likely N-dealkylation sites (N-methyl/N-ethyl adjacent to an activating group) is 1. The SMILES string of the molecule is CC(C)[C@H](N=C1NS(=O)(=O)c2ccccc21)C(=O)Nc1nc2c(s1)CN(C)CC2. The van der Waals surface area contributed by atoms with Crippen LogP contribution < -0.4 is 10.0 Å². The number of carbonyl (C=O) groups is 1. The van der Waals surface area contributed by atoms with E-state index in [0.717, 1.165) is 25.2 Å². The van der Waals surface area contributed by atoms with Gasteiger partial charge in [0.2, 0.25) is 0 Å². The van der Waals surface area contributed by atoms with Crippen LogP contribution in [0.3, 0.4) is 0 Å². The highest BCUT2D eigenvalue weighted by Gasteiger charge is 2.33. The topological polar surface area (TPSA) is 104 Å². The number of sulfonamides is 1. The molecule has 1 atom stereocenters. The molecule has 0 saturated carbocycles. The Hall–Kier alpha value is -2.30. The van der Waals surface area contributed by atoms with Crippen molar-refractivity contribution in [3.05, 3.63) is 40.4 Å². The third kappa shape index (κ3) is 3.92. The molecule has 0 unspecified atom stereocenters. The summed E-state index contributed by atoms with van der Waals surface area (Å²) in [6.45, 7) is 5.54. The number of carbonyl (C=O) groups excluding carboxylic acids is 1. The second-order valence-corrected chi connectivity index (χ2v) is 10.4. The van der Waals surface area contributed by atoms with E-state index in [1.807, 2.05) is 13.8 Å². The molecule has 1 aromatic carbocycles. The van der Waals surface area contributed by atoms with E-state index in [1.54, 1.807) is 18.2 Å². The van der Waals surface area contributed by atoms with Gasteiger partial charge in [0, 0.05) is 30.0 Å². The van der Waals surface area contributed by atoms with Gasteiger partial charge in [0.25, 0.3) is 15.9 Å². The number of aromatic nitrogens is 1. The van der Waals surface area contributed by atoms with Crippen molar-refractivity contribution in [3.63, 3.8) is 0 Å². The standard InChI is InChI=1S/C19H23N5O3S2/c1-11(2)16(21-17-12-6-4-5-7-15(12)29(26,27)23-17)18(25)22-19-20-13-8-9-24(3)10-14(13)28-19/h4-7,11,16H,8-10H2,1-3H3,(H,21,23)(H,20,22,25)/t16-/m0/s1. The maximum Gasteiger partial charge on any atom is 0.263 e. The minimum atomic E-state index is -3.65. The van der Waals surface area contributed by atoms with E-state index in [9.17, 15) is 13.2 Å². The van der Waals surface area contributed by atoms with E-state index in [4.69, 9.17) is 0 Å². The Morgan fingerprint density at radius 1 is 1.34 bits per heavy atom. The molecule has 0 saturated heterocycles. The molecular formula is C19H23N5O3S2. The predicted octanol–water partition coefficient (Wildman–Crippen LogP) is 1.83. The maximum absolute atomic E-state index is 13.0. The number of hydrogen-bond acceptors (Lipinski definition) is 7. The fourth-order valence-corrected chi connectivity index (χ4v) is 5.77. The average molecular weight is 434 g/mol. The summed E-state index contributed by atoms with van der Waals surface area (Å²) in [6, 6.07) is 5.88. The van der Waals surface area contributed by atoms with E-state index in [1.165, 1.54) is 22.3 Å². The van der Waals surface area contributed by atoms with Crippen molar-refractivity contribution in [2.45, 2.75) is 37.8 Å². The third-order valence-electron chi connectivity index (χ3n) is 4.98. The van der Waals surface area contributed by atoms with Crippen LogP contribution in [0.25, 0.3) is 0 Å². The zero-order chi connectivity index (χ0) is 20.8. The molecule has 2 N–H and O–H groups in total. The number of benzene rings is 1. The molecule has 0 radical (unpaired) electrons. The molecule has 2 aromatic rings. The zero-order valence-electron chi connectivity index (χ0n) is 16.5. The summed E-state index contributed by atoms with van der Waals surface area (Å²) in [5.41, 5.74) is 1.52. The summed E-state index contributed by atoms with van der Waals surface area (Å²) in [5, 5.41) is 3.44. The smallest absolute Gasteiger partial charge is 0.263 e. The molecule has 29 heavy (non-hydrogen) atoms. The van der Waals surface area contributed by atoms with Gasteiger partial charge in [-0.25, -0.2) is 13.4 Å². The van der Waals surface area contributed by atoms with Crippen LogP contribution >= 0.6 is 11.3 Å². The van der Waals surface area contributed by atoms with Crippen molar-refractivity contribution >= 4 is 38.2 Å². The number of nitrogens with one attached hydrogen (secondary N) is 2. The van der Waals surface area contributed by atoms with Crippen molar-refractivity contribution in [3.8, 4) is 0 Å². The summed E-state index contributed by atoms with van der Waals surface area (Å²) in [5.74, 6) is -0.217. The van der Waals surface area contributed by atoms with Gasteiger partial charge < -0.3 is 10.2 Å². The summed E-state index contributed by atoms with van der Waals surface area (Å²) in [4.78, 5) is 25.6. The first kappa shape index (κ1) is 20.0. The third-order valence-corrected chi connectivity index (χ3v) is 7.38. The normalized spacial score (nSPS) is 20.2. The fourth-order valence-electron chi connectivity index (χ4n) is 3.44. The fraction of sp³-hybridized carbons (Fsp3) is 0.421. The molecule has 1 amide bonds. The maximum atomic E-state index is 13.0. The molecule has 154 valence electrons. The number of rotatable bonds is 4.